The zero-order valence-corrected chi connectivity index (χ0v) is 16.1. The molecule has 3 aromatic heterocycles. The number of thiophene rings is 1. The Balaban J connectivity index is 1.57. The van der Waals surface area contributed by atoms with E-state index in [0.717, 1.165) is 12.1 Å². The van der Waals surface area contributed by atoms with E-state index in [1.54, 1.807) is 17.5 Å². The Bertz CT molecular complexity index is 1230. The lowest BCUT2D eigenvalue weighted by molar-refractivity contribution is -0.137. The highest BCUT2D eigenvalue weighted by Gasteiger charge is 2.30. The Hall–Kier alpha value is -4.07. The fourth-order valence-electron chi connectivity index (χ4n) is 2.53. The van der Waals surface area contributed by atoms with E-state index in [2.05, 4.69) is 35.8 Å². The average Bonchev–Trinajstić information content (AvgIpc) is 3.47. The molecule has 3 N–H and O–H groups in total. The summed E-state index contributed by atoms with van der Waals surface area (Å²) in [6.07, 6.45) is -3.23. The molecule has 0 radical (unpaired) electrons. The number of nitrogens with zero attached hydrogens (tertiary/aromatic N) is 6. The van der Waals surface area contributed by atoms with Crippen molar-refractivity contribution >= 4 is 29.3 Å². The van der Waals surface area contributed by atoms with E-state index in [4.69, 9.17) is 5.73 Å². The first-order chi connectivity index (χ1) is 14.8. The number of carbonyl (C=O) groups excluding carboxylic acids is 1. The normalized spacial score (nSPS) is 11.8. The summed E-state index contributed by atoms with van der Waals surface area (Å²) in [5, 5.41) is 20.5. The number of carbonyl (C=O) groups is 1. The van der Waals surface area contributed by atoms with Crippen LogP contribution in [-0.4, -0.2) is 37.4 Å². The molecule has 0 aliphatic rings. The van der Waals surface area contributed by atoms with Gasteiger partial charge in [-0.15, -0.1) is 16.4 Å². The fourth-order valence-corrected chi connectivity index (χ4v) is 3.29. The van der Waals surface area contributed by atoms with Crippen LogP contribution in [0.3, 0.4) is 0 Å². The van der Waals surface area contributed by atoms with Crippen LogP contribution in [0.15, 0.2) is 51.5 Å². The van der Waals surface area contributed by atoms with E-state index in [9.17, 15) is 18.0 Å². The molecule has 0 fully saturated rings. The molecule has 0 unspecified atom stereocenters. The second kappa shape index (κ2) is 7.98. The Morgan fingerprint density at radius 2 is 2.00 bits per heavy atom. The van der Waals surface area contributed by atoms with Crippen molar-refractivity contribution < 1.29 is 22.6 Å². The third-order valence-electron chi connectivity index (χ3n) is 3.95. The fraction of sp³-hybridized carbons (Fsp3) is 0.0588. The van der Waals surface area contributed by atoms with Crippen molar-refractivity contribution in [2.45, 2.75) is 6.18 Å². The number of hydrogen-bond donors (Lipinski definition) is 2. The van der Waals surface area contributed by atoms with Gasteiger partial charge in [-0.05, 0) is 39.5 Å². The van der Waals surface area contributed by atoms with Gasteiger partial charge >= 0.3 is 6.18 Å². The van der Waals surface area contributed by atoms with Gasteiger partial charge in [0.15, 0.2) is 5.69 Å². The van der Waals surface area contributed by atoms with Crippen LogP contribution in [0.25, 0.3) is 16.4 Å². The predicted octanol–water partition coefficient (Wildman–Crippen LogP) is 2.74. The first-order valence-electron chi connectivity index (χ1n) is 8.43. The maximum Gasteiger partial charge on any atom is 0.416 e. The third kappa shape index (κ3) is 4.13. The number of halogens is 3. The Morgan fingerprint density at radius 3 is 2.61 bits per heavy atom. The van der Waals surface area contributed by atoms with Gasteiger partial charge in [0.05, 0.1) is 16.7 Å². The van der Waals surface area contributed by atoms with Crippen LogP contribution < -0.4 is 11.2 Å². The van der Waals surface area contributed by atoms with E-state index in [0.29, 0.717) is 16.1 Å². The number of hydrogen-bond acceptors (Lipinski definition) is 9. The topological polar surface area (TPSA) is 137 Å². The number of aromatic nitrogens is 5. The van der Waals surface area contributed by atoms with Gasteiger partial charge in [0, 0.05) is 0 Å². The molecule has 0 saturated heterocycles. The van der Waals surface area contributed by atoms with Crippen LogP contribution in [0.5, 0.6) is 0 Å². The summed E-state index contributed by atoms with van der Waals surface area (Å²) in [6.45, 7) is 0. The third-order valence-corrected chi connectivity index (χ3v) is 4.83. The number of nitrogens with one attached hydrogen (secondary N) is 1. The van der Waals surface area contributed by atoms with Crippen molar-refractivity contribution in [2.75, 3.05) is 5.73 Å². The lowest BCUT2D eigenvalue weighted by Crippen LogP contribution is -2.19. The summed E-state index contributed by atoms with van der Waals surface area (Å²) in [5.74, 6) is -0.689. The van der Waals surface area contributed by atoms with Gasteiger partial charge < -0.3 is 5.73 Å². The maximum atomic E-state index is 12.6. The summed E-state index contributed by atoms with van der Waals surface area (Å²) in [5.41, 5.74) is 7.78. The molecule has 4 rings (SSSR count). The Labute approximate surface area is 175 Å². The Morgan fingerprint density at radius 1 is 1.23 bits per heavy atom. The summed E-state index contributed by atoms with van der Waals surface area (Å²) >= 11 is 1.32. The summed E-state index contributed by atoms with van der Waals surface area (Å²) in [4.78, 5) is 13.3. The summed E-state index contributed by atoms with van der Waals surface area (Å²) in [7, 11) is 0. The smallest absolute Gasteiger partial charge is 0.378 e. The van der Waals surface area contributed by atoms with Gasteiger partial charge in [0.2, 0.25) is 11.6 Å². The number of rotatable bonds is 5. The Kier molecular flexibility index (Phi) is 5.21. The highest BCUT2D eigenvalue weighted by molar-refractivity contribution is 7.13. The number of anilines is 1. The number of hydrazone groups is 1. The highest BCUT2D eigenvalue weighted by Crippen LogP contribution is 2.30. The predicted molar refractivity (Wildman–Crippen MR) is 103 cm³/mol. The largest absolute Gasteiger partial charge is 0.416 e. The first kappa shape index (κ1) is 20.2. The second-order valence-electron chi connectivity index (χ2n) is 5.97. The minimum absolute atomic E-state index is 0.0463. The monoisotopic (exact) mass is 448 g/mol. The van der Waals surface area contributed by atoms with Crippen molar-refractivity contribution in [2.24, 2.45) is 5.10 Å². The van der Waals surface area contributed by atoms with Crippen molar-refractivity contribution in [3.8, 4) is 16.4 Å². The average molecular weight is 448 g/mol. The first-order valence-corrected chi connectivity index (χ1v) is 9.31. The number of amides is 1. The summed E-state index contributed by atoms with van der Waals surface area (Å²) < 4.78 is 43.7. The lowest BCUT2D eigenvalue weighted by atomic mass is 10.1. The van der Waals surface area contributed by atoms with Crippen LogP contribution in [-0.2, 0) is 6.18 Å². The lowest BCUT2D eigenvalue weighted by Gasteiger charge is -2.05. The molecule has 0 spiro atoms. The molecule has 10 nitrogen and oxygen atoms in total. The van der Waals surface area contributed by atoms with E-state index in [1.165, 1.54) is 34.4 Å². The van der Waals surface area contributed by atoms with Gasteiger partial charge in [-0.1, -0.05) is 23.4 Å². The standard InChI is InChI=1S/C17H11F3N8O2S/c18-17(19,20)10-5-3-9(4-6-10)8-22-24-16(29)12-13(11-2-1-7-31-11)28(27-23-12)15-14(21)25-30-26-15/h1-8H,(H2,21,25)(H,24,29)/b22-8+. The molecule has 31 heavy (non-hydrogen) atoms. The second-order valence-corrected chi connectivity index (χ2v) is 6.92. The molecule has 3 heterocycles. The van der Waals surface area contributed by atoms with Crippen LogP contribution >= 0.6 is 11.3 Å². The van der Waals surface area contributed by atoms with E-state index >= 15 is 0 Å². The van der Waals surface area contributed by atoms with Crippen molar-refractivity contribution in [3.05, 3.63) is 58.6 Å². The quantitative estimate of drug-likeness (QED) is 0.354. The highest BCUT2D eigenvalue weighted by atomic mass is 32.1. The summed E-state index contributed by atoms with van der Waals surface area (Å²) in [6, 6.07) is 7.80. The maximum absolute atomic E-state index is 12.6. The molecule has 0 bridgehead atoms. The minimum Gasteiger partial charge on any atom is -0.378 e. The SMILES string of the molecule is Nc1nonc1-n1nnc(C(=O)N/N=C/c2ccc(C(F)(F)F)cc2)c1-c1cccs1. The number of nitrogens with two attached hydrogens (primary N) is 1. The van der Waals surface area contributed by atoms with Crippen LogP contribution in [0.4, 0.5) is 19.0 Å². The number of alkyl halides is 3. The molecule has 1 amide bonds. The van der Waals surface area contributed by atoms with Crippen molar-refractivity contribution in [1.82, 2.24) is 30.7 Å². The number of nitrogen functional groups attached to an aromatic ring is 1. The molecule has 14 heteroatoms. The molecule has 0 aliphatic carbocycles. The van der Waals surface area contributed by atoms with Gasteiger partial charge in [-0.25, -0.2) is 10.1 Å². The van der Waals surface area contributed by atoms with Gasteiger partial charge in [0.25, 0.3) is 5.91 Å². The van der Waals surface area contributed by atoms with Gasteiger partial charge in [0.1, 0.15) is 5.69 Å². The number of benzene rings is 1. The van der Waals surface area contributed by atoms with Gasteiger partial charge in [-0.3, -0.25) is 4.79 Å². The molecule has 1 aromatic carbocycles. The molecule has 0 aliphatic heterocycles. The van der Waals surface area contributed by atoms with Gasteiger partial charge in [-0.2, -0.15) is 23.0 Å². The van der Waals surface area contributed by atoms with E-state index in [1.807, 2.05) is 0 Å². The zero-order chi connectivity index (χ0) is 22.0. The van der Waals surface area contributed by atoms with Crippen LogP contribution in [0.1, 0.15) is 21.6 Å². The van der Waals surface area contributed by atoms with Crippen molar-refractivity contribution in [3.63, 3.8) is 0 Å². The molecular weight excluding hydrogens is 437 g/mol. The zero-order valence-electron chi connectivity index (χ0n) is 15.2. The molecule has 0 saturated carbocycles. The molecule has 4 aromatic rings. The van der Waals surface area contributed by atoms with Crippen LogP contribution in [0, 0.1) is 0 Å². The van der Waals surface area contributed by atoms with E-state index < -0.39 is 17.6 Å². The molecule has 158 valence electrons. The van der Waals surface area contributed by atoms with Crippen molar-refractivity contribution in [1.29, 1.82) is 0 Å². The molecular formula is C17H11F3N8O2S. The molecule has 0 atom stereocenters. The minimum atomic E-state index is -4.43. The van der Waals surface area contributed by atoms with E-state index in [-0.39, 0.29) is 17.3 Å². The van der Waals surface area contributed by atoms with Crippen LogP contribution in [0.2, 0.25) is 0 Å².